The summed E-state index contributed by atoms with van der Waals surface area (Å²) in [5.74, 6) is -0.0492. The van der Waals surface area contributed by atoms with Gasteiger partial charge in [0, 0.05) is 21.5 Å². The van der Waals surface area contributed by atoms with Crippen molar-refractivity contribution in [1.82, 2.24) is 5.32 Å². The van der Waals surface area contributed by atoms with Crippen LogP contribution in [0.4, 0.5) is 16.2 Å². The summed E-state index contributed by atoms with van der Waals surface area (Å²) in [5, 5.41) is 5.81. The molecule has 1 aliphatic heterocycles. The number of benzene rings is 3. The molecular formula is C25H25N3O2S. The zero-order valence-electron chi connectivity index (χ0n) is 17.6. The first kappa shape index (κ1) is 21.0. The third-order valence-electron chi connectivity index (χ3n) is 5.26. The molecule has 6 heteroatoms. The number of anilines is 2. The summed E-state index contributed by atoms with van der Waals surface area (Å²) in [6.07, 6.45) is 0.853. The number of hydrogen-bond acceptors (Lipinski definition) is 3. The summed E-state index contributed by atoms with van der Waals surface area (Å²) in [6.45, 7) is 4.43. The molecule has 0 aliphatic carbocycles. The summed E-state index contributed by atoms with van der Waals surface area (Å²) < 4.78 is 0. The summed E-state index contributed by atoms with van der Waals surface area (Å²) in [6, 6.07) is 23.2. The Balaban J connectivity index is 1.71. The Kier molecular flexibility index (Phi) is 6.28. The number of urea groups is 1. The lowest BCUT2D eigenvalue weighted by Crippen LogP contribution is -2.35. The lowest BCUT2D eigenvalue weighted by molar-refractivity contribution is 0.0982. The van der Waals surface area contributed by atoms with Crippen LogP contribution >= 0.6 is 11.8 Å². The molecule has 0 radical (unpaired) electrons. The van der Waals surface area contributed by atoms with Crippen LogP contribution < -0.4 is 15.5 Å². The summed E-state index contributed by atoms with van der Waals surface area (Å²) in [5.41, 5.74) is 3.16. The highest BCUT2D eigenvalue weighted by molar-refractivity contribution is 7.99. The van der Waals surface area contributed by atoms with Crippen LogP contribution in [0.2, 0.25) is 0 Å². The van der Waals surface area contributed by atoms with Crippen molar-refractivity contribution in [2.45, 2.75) is 42.6 Å². The van der Waals surface area contributed by atoms with Crippen LogP contribution in [0.15, 0.2) is 82.6 Å². The van der Waals surface area contributed by atoms with E-state index in [1.165, 1.54) is 0 Å². The molecule has 158 valence electrons. The number of nitrogens with zero attached hydrogens (tertiary/aromatic N) is 1. The molecule has 0 bridgehead atoms. The monoisotopic (exact) mass is 431 g/mol. The van der Waals surface area contributed by atoms with E-state index < -0.39 is 0 Å². The zero-order chi connectivity index (χ0) is 21.8. The van der Waals surface area contributed by atoms with E-state index in [-0.39, 0.29) is 18.0 Å². The molecular weight excluding hydrogens is 406 g/mol. The van der Waals surface area contributed by atoms with Crippen LogP contribution in [-0.2, 0) is 6.54 Å². The second kappa shape index (κ2) is 9.27. The number of carbonyl (C=O) groups excluding carboxylic acids is 2. The lowest BCUT2D eigenvalue weighted by atomic mass is 10.1. The standard InChI is InChI=1S/C25H25N3O2S/c1-3-17(2)26-25(30)27-19-13-14-23-21(15-19)28(16-18-9-5-4-6-10-18)24(29)20-11-7-8-12-22(20)31-23/h4-15,17H,3,16H2,1-2H3,(H2,26,27,30). The molecule has 3 aromatic carbocycles. The lowest BCUT2D eigenvalue weighted by Gasteiger charge is -2.24. The molecule has 4 rings (SSSR count). The van der Waals surface area contributed by atoms with Crippen LogP contribution in [0.1, 0.15) is 36.2 Å². The molecule has 1 aliphatic rings. The molecule has 1 atom stereocenters. The fourth-order valence-corrected chi connectivity index (χ4v) is 4.47. The van der Waals surface area contributed by atoms with Gasteiger partial charge in [-0.1, -0.05) is 61.2 Å². The van der Waals surface area contributed by atoms with E-state index in [1.807, 2.05) is 86.6 Å². The molecule has 1 heterocycles. The quantitative estimate of drug-likeness (QED) is 0.527. The summed E-state index contributed by atoms with van der Waals surface area (Å²) in [4.78, 5) is 29.6. The minimum Gasteiger partial charge on any atom is -0.335 e. The SMILES string of the molecule is CCC(C)NC(=O)Nc1ccc2c(c1)N(Cc1ccccc1)C(=O)c1ccccc1S2. The van der Waals surface area contributed by atoms with Gasteiger partial charge in [-0.15, -0.1) is 0 Å². The Morgan fingerprint density at radius 1 is 1.00 bits per heavy atom. The highest BCUT2D eigenvalue weighted by Gasteiger charge is 2.27. The van der Waals surface area contributed by atoms with Gasteiger partial charge >= 0.3 is 6.03 Å². The van der Waals surface area contributed by atoms with Crippen LogP contribution in [-0.4, -0.2) is 18.0 Å². The normalized spacial score (nSPS) is 13.6. The van der Waals surface area contributed by atoms with Crippen LogP contribution in [0.5, 0.6) is 0 Å². The van der Waals surface area contributed by atoms with Crippen LogP contribution in [0, 0.1) is 0 Å². The smallest absolute Gasteiger partial charge is 0.319 e. The minimum atomic E-state index is -0.250. The molecule has 3 aromatic rings. The summed E-state index contributed by atoms with van der Waals surface area (Å²) >= 11 is 1.57. The second-order valence-corrected chi connectivity index (χ2v) is 8.65. The predicted molar refractivity (Wildman–Crippen MR) is 126 cm³/mol. The van der Waals surface area contributed by atoms with Crippen molar-refractivity contribution < 1.29 is 9.59 Å². The molecule has 3 amide bonds. The van der Waals surface area contributed by atoms with E-state index >= 15 is 0 Å². The number of hydrogen-bond donors (Lipinski definition) is 2. The van der Waals surface area contributed by atoms with E-state index in [4.69, 9.17) is 0 Å². The predicted octanol–water partition coefficient (Wildman–Crippen LogP) is 5.92. The number of rotatable bonds is 5. The second-order valence-electron chi connectivity index (χ2n) is 7.57. The highest BCUT2D eigenvalue weighted by atomic mass is 32.2. The van der Waals surface area contributed by atoms with E-state index in [0.717, 1.165) is 27.5 Å². The third kappa shape index (κ3) is 4.75. The first-order valence-corrected chi connectivity index (χ1v) is 11.2. The number of amides is 3. The molecule has 2 N–H and O–H groups in total. The molecule has 0 saturated carbocycles. The van der Waals surface area contributed by atoms with Crippen molar-refractivity contribution in [3.63, 3.8) is 0 Å². The number of carbonyl (C=O) groups is 2. The van der Waals surface area contributed by atoms with Gasteiger partial charge in [0.25, 0.3) is 5.91 Å². The fraction of sp³-hybridized carbons (Fsp3) is 0.200. The van der Waals surface area contributed by atoms with Crippen LogP contribution in [0.25, 0.3) is 0 Å². The molecule has 0 fully saturated rings. The third-order valence-corrected chi connectivity index (χ3v) is 6.40. The average Bonchev–Trinajstić information content (AvgIpc) is 2.89. The molecule has 5 nitrogen and oxygen atoms in total. The molecule has 1 unspecified atom stereocenters. The van der Waals surface area contributed by atoms with Gasteiger partial charge in [-0.05, 0) is 49.2 Å². The van der Waals surface area contributed by atoms with Gasteiger partial charge in [-0.3, -0.25) is 4.79 Å². The maximum absolute atomic E-state index is 13.5. The van der Waals surface area contributed by atoms with Crippen molar-refractivity contribution in [3.8, 4) is 0 Å². The number of nitrogens with one attached hydrogen (secondary N) is 2. The van der Waals surface area contributed by atoms with Crippen molar-refractivity contribution in [3.05, 3.63) is 83.9 Å². The number of fused-ring (bicyclic) bond motifs is 2. The Morgan fingerprint density at radius 2 is 1.74 bits per heavy atom. The zero-order valence-corrected chi connectivity index (χ0v) is 18.4. The Labute approximate surface area is 186 Å². The highest BCUT2D eigenvalue weighted by Crippen LogP contribution is 2.43. The maximum Gasteiger partial charge on any atom is 0.319 e. The first-order chi connectivity index (χ1) is 15.0. The van der Waals surface area contributed by atoms with Crippen molar-refractivity contribution in [2.24, 2.45) is 0 Å². The van der Waals surface area contributed by atoms with Crippen molar-refractivity contribution in [2.75, 3.05) is 10.2 Å². The fourth-order valence-electron chi connectivity index (χ4n) is 3.41. The van der Waals surface area contributed by atoms with E-state index in [0.29, 0.717) is 17.8 Å². The molecule has 0 saturated heterocycles. The van der Waals surface area contributed by atoms with Crippen molar-refractivity contribution >= 4 is 35.1 Å². The van der Waals surface area contributed by atoms with Gasteiger partial charge in [0.2, 0.25) is 0 Å². The Hall–Kier alpha value is -3.25. The largest absolute Gasteiger partial charge is 0.335 e. The molecule has 31 heavy (non-hydrogen) atoms. The van der Waals surface area contributed by atoms with E-state index in [2.05, 4.69) is 10.6 Å². The summed E-state index contributed by atoms with van der Waals surface area (Å²) in [7, 11) is 0. The average molecular weight is 432 g/mol. The van der Waals surface area contributed by atoms with Gasteiger partial charge < -0.3 is 15.5 Å². The van der Waals surface area contributed by atoms with Gasteiger partial charge in [0.1, 0.15) is 0 Å². The van der Waals surface area contributed by atoms with E-state index in [9.17, 15) is 9.59 Å². The van der Waals surface area contributed by atoms with Gasteiger partial charge in [0.15, 0.2) is 0 Å². The van der Waals surface area contributed by atoms with Crippen LogP contribution in [0.3, 0.4) is 0 Å². The van der Waals surface area contributed by atoms with Gasteiger partial charge in [-0.25, -0.2) is 4.79 Å². The topological polar surface area (TPSA) is 61.4 Å². The Bertz CT molecular complexity index is 1100. The minimum absolute atomic E-state index is 0.0492. The maximum atomic E-state index is 13.5. The molecule has 0 aromatic heterocycles. The first-order valence-electron chi connectivity index (χ1n) is 10.4. The molecule has 0 spiro atoms. The van der Waals surface area contributed by atoms with Gasteiger partial charge in [-0.2, -0.15) is 0 Å². The van der Waals surface area contributed by atoms with E-state index in [1.54, 1.807) is 16.7 Å². The van der Waals surface area contributed by atoms with Crippen molar-refractivity contribution in [1.29, 1.82) is 0 Å². The van der Waals surface area contributed by atoms with Gasteiger partial charge in [0.05, 0.1) is 17.8 Å². The Morgan fingerprint density at radius 3 is 2.52 bits per heavy atom.